The summed E-state index contributed by atoms with van der Waals surface area (Å²) in [5.41, 5.74) is 0.838. The van der Waals surface area contributed by atoms with E-state index in [1.54, 1.807) is 0 Å². The Kier molecular flexibility index (Phi) is 5.69. The highest BCUT2D eigenvalue weighted by Crippen LogP contribution is 2.39. The van der Waals surface area contributed by atoms with Crippen molar-refractivity contribution in [2.24, 2.45) is 0 Å². The Morgan fingerprint density at radius 2 is 1.97 bits per heavy atom. The fourth-order valence-electron chi connectivity index (χ4n) is 5.66. The maximum absolute atomic E-state index is 12.2. The van der Waals surface area contributed by atoms with Crippen LogP contribution in [0.15, 0.2) is 24.3 Å². The zero-order valence-electron chi connectivity index (χ0n) is 17.3. The number of para-hydroxylation sites is 1. The molecular weight excluding hydrogens is 400 g/mol. The van der Waals surface area contributed by atoms with Gasteiger partial charge in [-0.05, 0) is 56.1 Å². The van der Waals surface area contributed by atoms with E-state index in [2.05, 4.69) is 28.4 Å². The molecule has 2 atom stereocenters. The van der Waals surface area contributed by atoms with E-state index in [1.807, 2.05) is 6.07 Å². The number of amides is 1. The summed E-state index contributed by atoms with van der Waals surface area (Å²) in [6.07, 6.45) is 6.39. The number of ether oxygens (including phenoxy) is 3. The van der Waals surface area contributed by atoms with Gasteiger partial charge in [0, 0.05) is 6.54 Å². The number of benzene rings is 1. The van der Waals surface area contributed by atoms with E-state index in [0.717, 1.165) is 55.8 Å². The van der Waals surface area contributed by atoms with E-state index in [9.17, 15) is 4.79 Å². The average molecular weight is 431 g/mol. The summed E-state index contributed by atoms with van der Waals surface area (Å²) >= 11 is 5.84. The van der Waals surface area contributed by atoms with Crippen LogP contribution in [0.3, 0.4) is 0 Å². The second-order valence-corrected chi connectivity index (χ2v) is 9.51. The van der Waals surface area contributed by atoms with Gasteiger partial charge < -0.3 is 24.4 Å². The maximum Gasteiger partial charge on any atom is 0.246 e. The number of morpholine rings is 1. The summed E-state index contributed by atoms with van der Waals surface area (Å²) in [6.45, 7) is 2.39. The summed E-state index contributed by atoms with van der Waals surface area (Å²) in [5, 5.41) is 3.25. The van der Waals surface area contributed by atoms with Crippen LogP contribution in [0.1, 0.15) is 50.0 Å². The summed E-state index contributed by atoms with van der Waals surface area (Å²) in [4.78, 5) is 15.2. The van der Waals surface area contributed by atoms with E-state index in [0.29, 0.717) is 25.7 Å². The van der Waals surface area contributed by atoms with Crippen molar-refractivity contribution < 1.29 is 19.0 Å². The first-order chi connectivity index (χ1) is 14.6. The van der Waals surface area contributed by atoms with E-state index < -0.39 is 5.54 Å². The van der Waals surface area contributed by atoms with Crippen LogP contribution < -0.4 is 10.1 Å². The Balaban J connectivity index is 1.46. The molecule has 2 bridgehead atoms. The lowest BCUT2D eigenvalue weighted by Crippen LogP contribution is -2.72. The van der Waals surface area contributed by atoms with Gasteiger partial charge in [0.25, 0.3) is 0 Å². The van der Waals surface area contributed by atoms with E-state index in [1.165, 1.54) is 5.56 Å². The number of carbonyl (C=O) groups excluding carboxylic acids is 1. The molecule has 3 fully saturated rings. The number of rotatable bonds is 0. The molecule has 1 aromatic carbocycles. The van der Waals surface area contributed by atoms with Crippen molar-refractivity contribution in [1.82, 2.24) is 10.2 Å². The van der Waals surface area contributed by atoms with Crippen LogP contribution in [0.4, 0.5) is 0 Å². The van der Waals surface area contributed by atoms with Crippen molar-refractivity contribution in [2.75, 3.05) is 33.0 Å². The SMILES string of the molecule is O=C1COCC2(CCCN3C(=S)COc4ccccc4C4CCC(CC4)OCC32)N1. The van der Waals surface area contributed by atoms with Crippen molar-refractivity contribution >= 4 is 23.1 Å². The standard InChI is InChI=1S/C23H30N2O4S/c26-21-13-27-15-23(24-21)10-3-11-25-20(23)12-28-17-8-6-16(7-9-17)18-4-1-2-5-19(18)29-14-22(25)30/h1-2,4-5,16-17,20H,3,6-15H2,(H,24,26). The van der Waals surface area contributed by atoms with E-state index >= 15 is 0 Å². The molecule has 1 aliphatic carbocycles. The normalized spacial score (nSPS) is 34.7. The molecule has 1 N–H and O–H groups in total. The highest BCUT2D eigenvalue weighted by atomic mass is 32.1. The number of nitrogens with zero attached hydrogens (tertiary/aromatic N) is 1. The Morgan fingerprint density at radius 1 is 1.13 bits per heavy atom. The van der Waals surface area contributed by atoms with Crippen LogP contribution in [-0.4, -0.2) is 66.5 Å². The minimum absolute atomic E-state index is 0.0414. The molecule has 1 amide bonds. The molecule has 0 radical (unpaired) electrons. The molecule has 6 nitrogen and oxygen atoms in total. The smallest absolute Gasteiger partial charge is 0.246 e. The molecule has 2 saturated heterocycles. The third kappa shape index (κ3) is 3.83. The number of carbonyl (C=O) groups is 1. The second-order valence-electron chi connectivity index (χ2n) is 9.04. The minimum Gasteiger partial charge on any atom is -0.486 e. The van der Waals surface area contributed by atoms with Gasteiger partial charge in [0.05, 0.1) is 30.9 Å². The molecule has 5 aliphatic rings. The molecule has 30 heavy (non-hydrogen) atoms. The lowest BCUT2D eigenvalue weighted by atomic mass is 9.80. The van der Waals surface area contributed by atoms with Gasteiger partial charge in [-0.15, -0.1) is 0 Å². The minimum atomic E-state index is -0.451. The summed E-state index contributed by atoms with van der Waals surface area (Å²) in [7, 11) is 0. The third-order valence-corrected chi connectivity index (χ3v) is 7.56. The number of hydrogen-bond donors (Lipinski definition) is 1. The topological polar surface area (TPSA) is 60.0 Å². The molecule has 1 saturated carbocycles. The van der Waals surface area contributed by atoms with Crippen LogP contribution in [0.5, 0.6) is 5.75 Å². The quantitative estimate of drug-likeness (QED) is 0.639. The van der Waals surface area contributed by atoms with Crippen molar-refractivity contribution in [3.8, 4) is 5.75 Å². The van der Waals surface area contributed by atoms with Gasteiger partial charge >= 0.3 is 0 Å². The number of fused-ring (bicyclic) bond motifs is 5. The first kappa shape index (κ1) is 20.2. The lowest BCUT2D eigenvalue weighted by Gasteiger charge is -2.52. The predicted molar refractivity (Wildman–Crippen MR) is 117 cm³/mol. The molecular formula is C23H30N2O4S. The van der Waals surface area contributed by atoms with Gasteiger partial charge in [0.15, 0.2) is 0 Å². The number of piperidine rings is 1. The van der Waals surface area contributed by atoms with E-state index in [4.69, 9.17) is 26.4 Å². The number of nitrogens with one attached hydrogen (secondary N) is 1. The Bertz CT molecular complexity index is 806. The van der Waals surface area contributed by atoms with E-state index in [-0.39, 0.29) is 24.7 Å². The van der Waals surface area contributed by atoms with Gasteiger partial charge in [0.1, 0.15) is 24.0 Å². The Labute approximate surface area is 183 Å². The predicted octanol–water partition coefficient (Wildman–Crippen LogP) is 2.80. The van der Waals surface area contributed by atoms with Gasteiger partial charge in [-0.2, -0.15) is 0 Å². The molecule has 1 spiro atoms. The molecule has 4 aliphatic heterocycles. The number of hydrogen-bond acceptors (Lipinski definition) is 5. The van der Waals surface area contributed by atoms with Crippen molar-refractivity contribution in [3.05, 3.63) is 29.8 Å². The number of thiocarbonyl (C=S) groups is 1. The van der Waals surface area contributed by atoms with Crippen LogP contribution in [0.25, 0.3) is 0 Å². The van der Waals surface area contributed by atoms with Crippen LogP contribution in [0, 0.1) is 0 Å². The molecule has 7 heteroatoms. The van der Waals surface area contributed by atoms with Gasteiger partial charge in [-0.3, -0.25) is 4.79 Å². The molecule has 0 aromatic heterocycles. The molecule has 1 aromatic rings. The van der Waals surface area contributed by atoms with Gasteiger partial charge in [-0.1, -0.05) is 30.4 Å². The fraction of sp³-hybridized carbons (Fsp3) is 0.652. The Morgan fingerprint density at radius 3 is 2.80 bits per heavy atom. The zero-order valence-corrected chi connectivity index (χ0v) is 18.1. The average Bonchev–Trinajstić information content (AvgIpc) is 2.78. The zero-order chi connectivity index (χ0) is 20.6. The monoisotopic (exact) mass is 430 g/mol. The van der Waals surface area contributed by atoms with Gasteiger partial charge in [-0.25, -0.2) is 0 Å². The first-order valence-corrected chi connectivity index (χ1v) is 11.6. The Hall–Kier alpha value is -1.70. The third-order valence-electron chi connectivity index (χ3n) is 7.21. The second kappa shape index (κ2) is 8.44. The highest BCUT2D eigenvalue weighted by molar-refractivity contribution is 7.80. The molecule has 6 rings (SSSR count). The molecule has 162 valence electrons. The van der Waals surface area contributed by atoms with Crippen LogP contribution >= 0.6 is 12.2 Å². The van der Waals surface area contributed by atoms with Crippen molar-refractivity contribution in [3.63, 3.8) is 0 Å². The lowest BCUT2D eigenvalue weighted by molar-refractivity contribution is -0.142. The summed E-state index contributed by atoms with van der Waals surface area (Å²) < 4.78 is 18.4. The highest BCUT2D eigenvalue weighted by Gasteiger charge is 2.49. The fourth-order valence-corrected chi connectivity index (χ4v) is 5.94. The van der Waals surface area contributed by atoms with Crippen LogP contribution in [-0.2, 0) is 14.3 Å². The maximum atomic E-state index is 12.2. The van der Waals surface area contributed by atoms with Crippen molar-refractivity contribution in [2.45, 2.75) is 62.1 Å². The molecule has 4 heterocycles. The summed E-state index contributed by atoms with van der Waals surface area (Å²) in [6, 6.07) is 8.34. The van der Waals surface area contributed by atoms with Crippen molar-refractivity contribution in [1.29, 1.82) is 0 Å². The summed E-state index contributed by atoms with van der Waals surface area (Å²) in [5.74, 6) is 1.40. The first-order valence-electron chi connectivity index (χ1n) is 11.2. The van der Waals surface area contributed by atoms with Gasteiger partial charge in [0.2, 0.25) is 5.91 Å². The largest absolute Gasteiger partial charge is 0.486 e. The molecule has 2 unspecified atom stereocenters. The van der Waals surface area contributed by atoms with Crippen LogP contribution in [0.2, 0.25) is 0 Å².